The van der Waals surface area contributed by atoms with E-state index in [1.807, 2.05) is 30.3 Å². The van der Waals surface area contributed by atoms with Gasteiger partial charge in [0.25, 0.3) is 10.0 Å². The number of carbonyl (C=O) groups is 1. The summed E-state index contributed by atoms with van der Waals surface area (Å²) in [7, 11) is -2.20. The molecule has 1 atom stereocenters. The molecule has 1 aromatic carbocycles. The summed E-state index contributed by atoms with van der Waals surface area (Å²) in [5.41, 5.74) is 1.13. The van der Waals surface area contributed by atoms with Gasteiger partial charge >= 0.3 is 0 Å². The van der Waals surface area contributed by atoms with Gasteiger partial charge in [-0.15, -0.1) is 11.3 Å². The van der Waals surface area contributed by atoms with Gasteiger partial charge in [0.2, 0.25) is 5.91 Å². The number of thiophene rings is 1. The first-order chi connectivity index (χ1) is 12.9. The molecule has 1 amide bonds. The van der Waals surface area contributed by atoms with E-state index in [2.05, 4.69) is 24.1 Å². The van der Waals surface area contributed by atoms with Crippen LogP contribution in [-0.2, 0) is 14.8 Å². The van der Waals surface area contributed by atoms with Crippen molar-refractivity contribution in [2.45, 2.75) is 24.1 Å². The van der Waals surface area contributed by atoms with Crippen LogP contribution >= 0.6 is 11.3 Å². The SMILES string of the molecule is CCN(CC)C(CNC(=O)CN(C)S(=O)(=O)c1cccs1)c1ccccc1. The summed E-state index contributed by atoms with van der Waals surface area (Å²) in [6.45, 7) is 6.11. The van der Waals surface area contributed by atoms with Crippen LogP contribution in [0.1, 0.15) is 25.5 Å². The molecule has 0 spiro atoms. The highest BCUT2D eigenvalue weighted by Crippen LogP contribution is 2.21. The van der Waals surface area contributed by atoms with Crippen LogP contribution in [0.4, 0.5) is 0 Å². The Morgan fingerprint density at radius 2 is 1.78 bits per heavy atom. The standard InChI is InChI=1S/C19H27N3O3S2/c1-4-22(5-2)17(16-10-7-6-8-11-16)14-20-18(23)15-21(3)27(24,25)19-12-9-13-26-19/h6-13,17H,4-5,14-15H2,1-3H3,(H,20,23). The average Bonchev–Trinajstić information content (AvgIpc) is 3.21. The van der Waals surface area contributed by atoms with Crippen LogP contribution in [0.3, 0.4) is 0 Å². The highest BCUT2D eigenvalue weighted by Gasteiger charge is 2.25. The number of amides is 1. The molecule has 27 heavy (non-hydrogen) atoms. The summed E-state index contributed by atoms with van der Waals surface area (Å²) in [5.74, 6) is -0.314. The molecule has 1 heterocycles. The van der Waals surface area contributed by atoms with E-state index in [0.717, 1.165) is 34.3 Å². The van der Waals surface area contributed by atoms with Crippen molar-refractivity contribution in [1.29, 1.82) is 0 Å². The molecular formula is C19H27N3O3S2. The van der Waals surface area contributed by atoms with E-state index in [4.69, 9.17) is 0 Å². The smallest absolute Gasteiger partial charge is 0.252 e. The van der Waals surface area contributed by atoms with Crippen LogP contribution in [0.15, 0.2) is 52.1 Å². The van der Waals surface area contributed by atoms with Crippen LogP contribution < -0.4 is 5.32 Å². The maximum atomic E-state index is 12.4. The highest BCUT2D eigenvalue weighted by molar-refractivity contribution is 7.91. The Balaban J connectivity index is 2.01. The van der Waals surface area contributed by atoms with Crippen molar-refractivity contribution in [1.82, 2.24) is 14.5 Å². The van der Waals surface area contributed by atoms with E-state index < -0.39 is 10.0 Å². The second-order valence-corrected chi connectivity index (χ2v) is 9.36. The molecule has 0 aliphatic carbocycles. The maximum absolute atomic E-state index is 12.4. The van der Waals surface area contributed by atoms with Crippen LogP contribution in [0.5, 0.6) is 0 Å². The fraction of sp³-hybridized carbons (Fsp3) is 0.421. The van der Waals surface area contributed by atoms with Crippen molar-refractivity contribution >= 4 is 27.3 Å². The second-order valence-electron chi connectivity index (χ2n) is 6.14. The van der Waals surface area contributed by atoms with E-state index in [0.29, 0.717) is 6.54 Å². The predicted molar refractivity (Wildman–Crippen MR) is 109 cm³/mol. The number of likely N-dealkylation sites (N-methyl/N-ethyl adjacent to an activating group) is 2. The van der Waals surface area contributed by atoms with Crippen LogP contribution in [0.2, 0.25) is 0 Å². The Hall–Kier alpha value is -1.74. The number of nitrogens with one attached hydrogen (secondary N) is 1. The first-order valence-corrected chi connectivity index (χ1v) is 11.3. The highest BCUT2D eigenvalue weighted by atomic mass is 32.2. The minimum atomic E-state index is -3.63. The van der Waals surface area contributed by atoms with Gasteiger partial charge in [-0.25, -0.2) is 8.42 Å². The van der Waals surface area contributed by atoms with Gasteiger partial charge in [-0.05, 0) is 30.1 Å². The molecule has 2 aromatic rings. The van der Waals surface area contributed by atoms with Crippen molar-refractivity contribution < 1.29 is 13.2 Å². The molecule has 6 nitrogen and oxygen atoms in total. The number of sulfonamides is 1. The molecule has 0 radical (unpaired) electrons. The average molecular weight is 410 g/mol. The number of nitrogens with zero attached hydrogens (tertiary/aromatic N) is 2. The van der Waals surface area contributed by atoms with Crippen LogP contribution in [0.25, 0.3) is 0 Å². The van der Waals surface area contributed by atoms with Gasteiger partial charge in [0.05, 0.1) is 12.6 Å². The Bertz CT molecular complexity index is 804. The van der Waals surface area contributed by atoms with Crippen molar-refractivity contribution in [3.05, 3.63) is 53.4 Å². The van der Waals surface area contributed by atoms with E-state index in [1.165, 1.54) is 7.05 Å². The summed E-state index contributed by atoms with van der Waals surface area (Å²) in [5, 5.41) is 4.60. The number of hydrogen-bond donors (Lipinski definition) is 1. The summed E-state index contributed by atoms with van der Waals surface area (Å²) >= 11 is 1.14. The molecule has 0 bridgehead atoms. The lowest BCUT2D eigenvalue weighted by atomic mass is 10.1. The van der Waals surface area contributed by atoms with Gasteiger partial charge in [0.1, 0.15) is 4.21 Å². The lowest BCUT2D eigenvalue weighted by Gasteiger charge is -2.30. The van der Waals surface area contributed by atoms with Gasteiger partial charge in [0.15, 0.2) is 0 Å². The summed E-state index contributed by atoms with van der Waals surface area (Å²) in [4.78, 5) is 14.6. The van der Waals surface area contributed by atoms with Crippen molar-refractivity contribution in [3.63, 3.8) is 0 Å². The first kappa shape index (κ1) is 21.6. The molecule has 148 valence electrons. The Labute approximate surface area is 165 Å². The first-order valence-electron chi connectivity index (χ1n) is 8.95. The third-order valence-corrected chi connectivity index (χ3v) is 7.63. The molecule has 0 saturated heterocycles. The predicted octanol–water partition coefficient (Wildman–Crippen LogP) is 2.57. The minimum Gasteiger partial charge on any atom is -0.353 e. The summed E-state index contributed by atoms with van der Waals surface area (Å²) in [6.07, 6.45) is 0. The largest absolute Gasteiger partial charge is 0.353 e. The van der Waals surface area contributed by atoms with Gasteiger partial charge < -0.3 is 5.32 Å². The van der Waals surface area contributed by atoms with E-state index in [-0.39, 0.29) is 22.7 Å². The third kappa shape index (κ3) is 5.62. The lowest BCUT2D eigenvalue weighted by molar-refractivity contribution is -0.121. The molecule has 1 aromatic heterocycles. The molecule has 0 aliphatic rings. The van der Waals surface area contributed by atoms with Crippen LogP contribution in [-0.4, -0.2) is 56.8 Å². The fourth-order valence-corrected chi connectivity index (χ4v) is 5.24. The van der Waals surface area contributed by atoms with E-state index in [1.54, 1.807) is 17.5 Å². The molecule has 0 fully saturated rings. The van der Waals surface area contributed by atoms with Crippen molar-refractivity contribution in [2.24, 2.45) is 0 Å². The number of rotatable bonds is 10. The third-order valence-electron chi connectivity index (χ3n) is 4.46. The number of benzene rings is 1. The molecule has 8 heteroatoms. The normalized spacial score (nSPS) is 13.1. The Morgan fingerprint density at radius 3 is 2.33 bits per heavy atom. The van der Waals surface area contributed by atoms with Crippen molar-refractivity contribution in [2.75, 3.05) is 33.2 Å². The minimum absolute atomic E-state index is 0.0457. The van der Waals surface area contributed by atoms with E-state index in [9.17, 15) is 13.2 Å². The molecule has 1 unspecified atom stereocenters. The topological polar surface area (TPSA) is 69.7 Å². The Kier molecular flexibility index (Phi) is 7.97. The molecular weight excluding hydrogens is 382 g/mol. The second kappa shape index (κ2) is 9.98. The van der Waals surface area contributed by atoms with Gasteiger partial charge in [-0.2, -0.15) is 4.31 Å². The molecule has 0 saturated carbocycles. The van der Waals surface area contributed by atoms with Crippen LogP contribution in [0, 0.1) is 0 Å². The molecule has 0 aliphatic heterocycles. The summed E-state index contributed by atoms with van der Waals surface area (Å²) < 4.78 is 26.2. The Morgan fingerprint density at radius 1 is 1.11 bits per heavy atom. The van der Waals surface area contributed by atoms with Gasteiger partial charge in [-0.3, -0.25) is 9.69 Å². The lowest BCUT2D eigenvalue weighted by Crippen LogP contribution is -2.42. The molecule has 2 rings (SSSR count). The zero-order valence-electron chi connectivity index (χ0n) is 16.0. The molecule has 1 N–H and O–H groups in total. The van der Waals surface area contributed by atoms with E-state index >= 15 is 0 Å². The van der Waals surface area contributed by atoms with Gasteiger partial charge in [-0.1, -0.05) is 50.2 Å². The zero-order valence-corrected chi connectivity index (χ0v) is 17.6. The zero-order chi connectivity index (χ0) is 19.9. The quantitative estimate of drug-likeness (QED) is 0.655. The van der Waals surface area contributed by atoms with Gasteiger partial charge in [0, 0.05) is 13.6 Å². The number of hydrogen-bond acceptors (Lipinski definition) is 5. The fourth-order valence-electron chi connectivity index (χ4n) is 2.91. The maximum Gasteiger partial charge on any atom is 0.252 e. The summed E-state index contributed by atoms with van der Waals surface area (Å²) in [6, 6.07) is 13.3. The van der Waals surface area contributed by atoms with Crippen molar-refractivity contribution in [3.8, 4) is 0 Å². The number of carbonyl (C=O) groups excluding carboxylic acids is 1. The monoisotopic (exact) mass is 409 g/mol.